The first-order valence-corrected chi connectivity index (χ1v) is 6.04. The number of nitrogens with two attached hydrogens (primary N) is 1. The molecule has 0 fully saturated rings. The van der Waals surface area contributed by atoms with Crippen LogP contribution in [0.3, 0.4) is 0 Å². The normalized spacial score (nSPS) is 11.3. The molecule has 0 spiro atoms. The van der Waals surface area contributed by atoms with Crippen molar-refractivity contribution in [2.24, 2.45) is 0 Å². The number of nitrogen functional groups attached to an aromatic ring is 1. The summed E-state index contributed by atoms with van der Waals surface area (Å²) in [6.45, 7) is 2.04. The largest absolute Gasteiger partial charge is 0.399 e. The molecule has 1 aromatic carbocycles. The predicted octanol–water partition coefficient (Wildman–Crippen LogP) is 0.877. The fraction of sp³-hybridized carbons (Fsp3) is 0.333. The summed E-state index contributed by atoms with van der Waals surface area (Å²) in [7, 11) is -3.90. The molecule has 0 bridgehead atoms. The van der Waals surface area contributed by atoms with Gasteiger partial charge in [0.15, 0.2) is 0 Å². The molecule has 5 nitrogen and oxygen atoms in total. The third-order valence-corrected chi connectivity index (χ3v) is 2.65. The molecule has 0 unspecified atom stereocenters. The summed E-state index contributed by atoms with van der Waals surface area (Å²) in [5.74, 6) is -0.309. The van der Waals surface area contributed by atoms with Crippen molar-refractivity contribution in [2.75, 3.05) is 23.3 Å². The van der Waals surface area contributed by atoms with E-state index in [2.05, 4.69) is 5.32 Å². The Morgan fingerprint density at radius 1 is 1.47 bits per heavy atom. The SMILES string of the molecule is Cc1cc(N)ccc1NCCS(=O)(=O)O. The van der Waals surface area contributed by atoms with Crippen LogP contribution in [0.2, 0.25) is 0 Å². The Morgan fingerprint density at radius 2 is 2.13 bits per heavy atom. The number of rotatable bonds is 4. The molecule has 0 aliphatic carbocycles. The van der Waals surface area contributed by atoms with E-state index in [1.807, 2.05) is 6.92 Å². The fourth-order valence-corrected chi connectivity index (χ4v) is 1.56. The molecule has 0 heterocycles. The Labute approximate surface area is 89.0 Å². The van der Waals surface area contributed by atoms with E-state index >= 15 is 0 Å². The van der Waals surface area contributed by atoms with E-state index < -0.39 is 10.1 Å². The highest BCUT2D eigenvalue weighted by molar-refractivity contribution is 7.85. The molecule has 6 heteroatoms. The zero-order valence-corrected chi connectivity index (χ0v) is 9.21. The van der Waals surface area contributed by atoms with Gasteiger partial charge in [0.1, 0.15) is 0 Å². The lowest BCUT2D eigenvalue weighted by Crippen LogP contribution is -2.15. The number of benzene rings is 1. The van der Waals surface area contributed by atoms with Crippen LogP contribution in [-0.4, -0.2) is 25.3 Å². The van der Waals surface area contributed by atoms with Crippen LogP contribution in [0.25, 0.3) is 0 Å². The second-order valence-corrected chi connectivity index (χ2v) is 4.86. The highest BCUT2D eigenvalue weighted by Crippen LogP contribution is 2.17. The summed E-state index contributed by atoms with van der Waals surface area (Å²) < 4.78 is 29.4. The second-order valence-electron chi connectivity index (χ2n) is 3.29. The van der Waals surface area contributed by atoms with Crippen molar-refractivity contribution < 1.29 is 13.0 Å². The van der Waals surface area contributed by atoms with Crippen molar-refractivity contribution in [1.82, 2.24) is 0 Å². The molecule has 0 saturated carbocycles. The molecule has 0 aliphatic rings. The third kappa shape index (κ3) is 4.18. The number of hydrogen-bond donors (Lipinski definition) is 3. The lowest BCUT2D eigenvalue weighted by molar-refractivity contribution is 0.484. The first-order valence-electron chi connectivity index (χ1n) is 4.43. The second kappa shape index (κ2) is 4.50. The summed E-state index contributed by atoms with van der Waals surface area (Å²) in [4.78, 5) is 0. The Kier molecular flexibility index (Phi) is 3.54. The third-order valence-electron chi connectivity index (χ3n) is 1.93. The highest BCUT2D eigenvalue weighted by atomic mass is 32.2. The zero-order valence-electron chi connectivity index (χ0n) is 8.40. The van der Waals surface area contributed by atoms with Crippen molar-refractivity contribution >= 4 is 21.5 Å². The Balaban J connectivity index is 2.59. The van der Waals surface area contributed by atoms with E-state index in [9.17, 15) is 8.42 Å². The smallest absolute Gasteiger partial charge is 0.266 e. The highest BCUT2D eigenvalue weighted by Gasteiger charge is 2.04. The lowest BCUT2D eigenvalue weighted by atomic mass is 10.2. The maximum atomic E-state index is 10.5. The standard InChI is InChI=1S/C9H14N2O3S/c1-7-6-8(10)2-3-9(7)11-4-5-15(12,13)14/h2-3,6,11H,4-5,10H2,1H3,(H,12,13,14). The predicted molar refractivity (Wildman–Crippen MR) is 60.5 cm³/mol. The van der Waals surface area contributed by atoms with Crippen LogP contribution < -0.4 is 11.1 Å². The average molecular weight is 230 g/mol. The maximum Gasteiger partial charge on any atom is 0.266 e. The first-order chi connectivity index (χ1) is 6.88. The molecule has 4 N–H and O–H groups in total. The molecule has 15 heavy (non-hydrogen) atoms. The monoisotopic (exact) mass is 230 g/mol. The van der Waals surface area contributed by atoms with Crippen molar-refractivity contribution in [3.63, 3.8) is 0 Å². The molecule has 0 aliphatic heterocycles. The van der Waals surface area contributed by atoms with Gasteiger partial charge < -0.3 is 11.1 Å². The van der Waals surface area contributed by atoms with Crippen LogP contribution in [0.4, 0.5) is 11.4 Å². The van der Waals surface area contributed by atoms with Gasteiger partial charge in [0.2, 0.25) is 0 Å². The number of hydrogen-bond acceptors (Lipinski definition) is 4. The minimum absolute atomic E-state index is 0.170. The van der Waals surface area contributed by atoms with Gasteiger partial charge in [-0.15, -0.1) is 0 Å². The molecule has 1 aromatic rings. The molecule has 0 radical (unpaired) electrons. The van der Waals surface area contributed by atoms with Crippen LogP contribution in [0.1, 0.15) is 5.56 Å². The van der Waals surface area contributed by atoms with E-state index in [0.717, 1.165) is 11.3 Å². The van der Waals surface area contributed by atoms with Gasteiger partial charge in [-0.3, -0.25) is 4.55 Å². The Hall–Kier alpha value is -1.27. The van der Waals surface area contributed by atoms with E-state index in [-0.39, 0.29) is 12.3 Å². The van der Waals surface area contributed by atoms with Crippen molar-refractivity contribution in [3.8, 4) is 0 Å². The van der Waals surface area contributed by atoms with E-state index in [1.54, 1.807) is 18.2 Å². The van der Waals surface area contributed by atoms with Crippen LogP contribution >= 0.6 is 0 Å². The van der Waals surface area contributed by atoms with Crippen LogP contribution in [0, 0.1) is 6.92 Å². The molecule has 1 rings (SSSR count). The topological polar surface area (TPSA) is 92.4 Å². The molecule has 0 atom stereocenters. The number of aryl methyl sites for hydroxylation is 1. The fourth-order valence-electron chi connectivity index (χ4n) is 1.20. The minimum atomic E-state index is -3.90. The van der Waals surface area contributed by atoms with Gasteiger partial charge in [-0.05, 0) is 30.7 Å². The Morgan fingerprint density at radius 3 is 2.67 bits per heavy atom. The van der Waals surface area contributed by atoms with Gasteiger partial charge in [-0.25, -0.2) is 0 Å². The molecule has 0 aromatic heterocycles. The lowest BCUT2D eigenvalue weighted by Gasteiger charge is -2.08. The first kappa shape index (κ1) is 11.8. The Bertz CT molecular complexity index is 443. The van der Waals surface area contributed by atoms with Gasteiger partial charge in [0.25, 0.3) is 10.1 Å². The van der Waals surface area contributed by atoms with Crippen LogP contribution in [-0.2, 0) is 10.1 Å². The molecular formula is C9H14N2O3S. The van der Waals surface area contributed by atoms with Gasteiger partial charge in [0, 0.05) is 17.9 Å². The number of nitrogens with one attached hydrogen (secondary N) is 1. The van der Waals surface area contributed by atoms with Gasteiger partial charge in [0.05, 0.1) is 5.75 Å². The summed E-state index contributed by atoms with van der Waals surface area (Å²) in [5, 5.41) is 2.90. The molecular weight excluding hydrogens is 216 g/mol. The van der Waals surface area contributed by atoms with Gasteiger partial charge in [-0.2, -0.15) is 8.42 Å². The van der Waals surface area contributed by atoms with E-state index in [0.29, 0.717) is 5.69 Å². The van der Waals surface area contributed by atoms with Crippen molar-refractivity contribution in [2.45, 2.75) is 6.92 Å². The summed E-state index contributed by atoms with van der Waals surface area (Å²) >= 11 is 0. The van der Waals surface area contributed by atoms with Crippen molar-refractivity contribution in [1.29, 1.82) is 0 Å². The zero-order chi connectivity index (χ0) is 11.5. The molecule has 0 amide bonds. The quantitative estimate of drug-likeness (QED) is 0.527. The van der Waals surface area contributed by atoms with Crippen LogP contribution in [0.5, 0.6) is 0 Å². The van der Waals surface area contributed by atoms with Crippen LogP contribution in [0.15, 0.2) is 18.2 Å². The van der Waals surface area contributed by atoms with E-state index in [1.165, 1.54) is 0 Å². The maximum absolute atomic E-state index is 10.5. The molecule has 84 valence electrons. The molecule has 0 saturated heterocycles. The summed E-state index contributed by atoms with van der Waals surface area (Å²) in [6.07, 6.45) is 0. The van der Waals surface area contributed by atoms with Gasteiger partial charge >= 0.3 is 0 Å². The summed E-state index contributed by atoms with van der Waals surface area (Å²) in [5.41, 5.74) is 7.97. The minimum Gasteiger partial charge on any atom is -0.399 e. The number of anilines is 2. The van der Waals surface area contributed by atoms with E-state index in [4.69, 9.17) is 10.3 Å². The average Bonchev–Trinajstić information content (AvgIpc) is 2.07. The van der Waals surface area contributed by atoms with Gasteiger partial charge in [-0.1, -0.05) is 0 Å². The van der Waals surface area contributed by atoms with Crippen molar-refractivity contribution in [3.05, 3.63) is 23.8 Å². The summed E-state index contributed by atoms with van der Waals surface area (Å²) in [6, 6.07) is 5.28.